The van der Waals surface area contributed by atoms with Gasteiger partial charge in [0.1, 0.15) is 17.5 Å². The van der Waals surface area contributed by atoms with E-state index in [0.29, 0.717) is 18.8 Å². The van der Waals surface area contributed by atoms with Gasteiger partial charge in [-0.15, -0.1) is 0 Å². The van der Waals surface area contributed by atoms with Gasteiger partial charge >= 0.3 is 0 Å². The number of rotatable bonds is 4. The van der Waals surface area contributed by atoms with E-state index in [4.69, 9.17) is 9.97 Å². The van der Waals surface area contributed by atoms with E-state index in [1.165, 1.54) is 28.6 Å². The molecule has 0 unspecified atom stereocenters. The highest BCUT2D eigenvalue weighted by Crippen LogP contribution is 2.35. The smallest absolute Gasteiger partial charge is 0.243 e. The molecule has 0 saturated carbocycles. The molecule has 9 heteroatoms. The van der Waals surface area contributed by atoms with Crippen LogP contribution in [0.25, 0.3) is 0 Å². The quantitative estimate of drug-likeness (QED) is 0.821. The number of anilines is 1. The first-order chi connectivity index (χ1) is 13.9. The fraction of sp³-hybridized carbons (Fsp3) is 0.500. The Bertz CT molecular complexity index is 997. The average molecular weight is 420 g/mol. The summed E-state index contributed by atoms with van der Waals surface area (Å²) in [6.45, 7) is 2.06. The monoisotopic (exact) mass is 419 g/mol. The number of nitrogens with one attached hydrogen (secondary N) is 1. The van der Waals surface area contributed by atoms with Crippen molar-refractivity contribution in [2.24, 2.45) is 0 Å². The number of benzene rings is 1. The highest BCUT2D eigenvalue weighted by atomic mass is 32.2. The third-order valence-corrected chi connectivity index (χ3v) is 7.60. The van der Waals surface area contributed by atoms with Crippen LogP contribution in [-0.2, 0) is 23.0 Å². The molecule has 2 aliphatic heterocycles. The van der Waals surface area contributed by atoms with E-state index < -0.39 is 21.9 Å². The van der Waals surface area contributed by atoms with Gasteiger partial charge < -0.3 is 10.2 Å². The molecule has 0 radical (unpaired) electrons. The molecule has 1 saturated heterocycles. The topological polar surface area (TPSA) is 78.4 Å². The Kier molecular flexibility index (Phi) is 5.54. The first kappa shape index (κ1) is 20.2. The van der Waals surface area contributed by atoms with Gasteiger partial charge in [-0.3, -0.25) is 0 Å². The zero-order valence-electron chi connectivity index (χ0n) is 16.7. The SMILES string of the molecule is CNc1nc([C@@H]2CCCCN2S(=O)(=O)c2ccc(F)cc2)nc2c1CCN(C)C2. The molecule has 1 atom stereocenters. The fourth-order valence-electron chi connectivity index (χ4n) is 4.13. The number of fused-ring (bicyclic) bond motifs is 1. The first-order valence-corrected chi connectivity index (χ1v) is 11.4. The van der Waals surface area contributed by atoms with E-state index >= 15 is 0 Å². The van der Waals surface area contributed by atoms with E-state index in [-0.39, 0.29) is 4.90 Å². The van der Waals surface area contributed by atoms with Crippen molar-refractivity contribution in [2.75, 3.05) is 32.5 Å². The summed E-state index contributed by atoms with van der Waals surface area (Å²) in [6, 6.07) is 4.56. The maximum atomic E-state index is 13.3. The van der Waals surface area contributed by atoms with Crippen LogP contribution in [0.15, 0.2) is 29.2 Å². The lowest BCUT2D eigenvalue weighted by Crippen LogP contribution is -2.40. The molecule has 156 valence electrons. The molecule has 0 bridgehead atoms. The van der Waals surface area contributed by atoms with Crippen LogP contribution in [0.1, 0.15) is 42.4 Å². The van der Waals surface area contributed by atoms with Crippen LogP contribution in [0.3, 0.4) is 0 Å². The summed E-state index contributed by atoms with van der Waals surface area (Å²) in [5.41, 5.74) is 2.07. The van der Waals surface area contributed by atoms with Gasteiger partial charge in [-0.05, 0) is 50.6 Å². The predicted octanol–water partition coefficient (Wildman–Crippen LogP) is 2.56. The van der Waals surface area contributed by atoms with Crippen molar-refractivity contribution in [3.8, 4) is 0 Å². The lowest BCUT2D eigenvalue weighted by atomic mass is 10.0. The van der Waals surface area contributed by atoms with Gasteiger partial charge in [-0.2, -0.15) is 4.31 Å². The number of halogens is 1. The minimum Gasteiger partial charge on any atom is -0.373 e. The molecular weight excluding hydrogens is 393 g/mol. The molecule has 7 nitrogen and oxygen atoms in total. The third-order valence-electron chi connectivity index (χ3n) is 5.68. The second kappa shape index (κ2) is 7.97. The molecule has 2 aliphatic rings. The van der Waals surface area contributed by atoms with Crippen molar-refractivity contribution < 1.29 is 12.8 Å². The van der Waals surface area contributed by atoms with E-state index in [9.17, 15) is 12.8 Å². The maximum absolute atomic E-state index is 13.3. The highest BCUT2D eigenvalue weighted by molar-refractivity contribution is 7.89. The molecule has 1 aromatic heterocycles. The summed E-state index contributed by atoms with van der Waals surface area (Å²) in [6.07, 6.45) is 3.22. The van der Waals surface area contributed by atoms with Gasteiger partial charge in [0.2, 0.25) is 10.0 Å². The molecular formula is C20H26FN5O2S. The van der Waals surface area contributed by atoms with Crippen LogP contribution in [0.4, 0.5) is 10.2 Å². The maximum Gasteiger partial charge on any atom is 0.243 e. The van der Waals surface area contributed by atoms with Gasteiger partial charge in [0.25, 0.3) is 0 Å². The van der Waals surface area contributed by atoms with Crippen LogP contribution < -0.4 is 5.32 Å². The Morgan fingerprint density at radius 1 is 1.14 bits per heavy atom. The predicted molar refractivity (Wildman–Crippen MR) is 109 cm³/mol. The number of hydrogen-bond donors (Lipinski definition) is 1. The molecule has 1 aromatic carbocycles. The highest BCUT2D eigenvalue weighted by Gasteiger charge is 2.37. The van der Waals surface area contributed by atoms with Crippen molar-refractivity contribution in [3.05, 3.63) is 47.2 Å². The number of sulfonamides is 1. The van der Waals surface area contributed by atoms with Gasteiger partial charge in [0.15, 0.2) is 0 Å². The van der Waals surface area contributed by atoms with E-state index in [1.54, 1.807) is 0 Å². The fourth-order valence-corrected chi connectivity index (χ4v) is 5.78. The molecule has 4 rings (SSSR count). The van der Waals surface area contributed by atoms with Gasteiger partial charge in [-0.1, -0.05) is 6.42 Å². The number of piperidine rings is 1. The molecule has 2 aromatic rings. The Labute approximate surface area is 171 Å². The largest absolute Gasteiger partial charge is 0.373 e. The van der Waals surface area contributed by atoms with Crippen LogP contribution in [0.5, 0.6) is 0 Å². The summed E-state index contributed by atoms with van der Waals surface area (Å²) in [5, 5.41) is 3.16. The zero-order chi connectivity index (χ0) is 20.6. The summed E-state index contributed by atoms with van der Waals surface area (Å²) < 4.78 is 41.4. The average Bonchev–Trinajstić information content (AvgIpc) is 2.73. The minimum absolute atomic E-state index is 0.0948. The van der Waals surface area contributed by atoms with Gasteiger partial charge in [0.05, 0.1) is 16.6 Å². The standard InChI is InChI=1S/C20H26FN5O2S/c1-22-19-16-10-12-25(2)13-17(16)23-20(24-19)18-5-3-4-11-26(18)29(27,28)15-8-6-14(21)7-9-15/h6-9,18H,3-5,10-13H2,1-2H3,(H,22,23,24)/t18-/m0/s1. The molecule has 0 spiro atoms. The number of hydrogen-bond acceptors (Lipinski definition) is 6. The minimum atomic E-state index is -3.77. The molecule has 29 heavy (non-hydrogen) atoms. The van der Waals surface area contributed by atoms with Gasteiger partial charge in [-0.25, -0.2) is 22.8 Å². The number of aromatic nitrogens is 2. The number of nitrogens with zero attached hydrogens (tertiary/aromatic N) is 4. The Morgan fingerprint density at radius 3 is 2.62 bits per heavy atom. The van der Waals surface area contributed by atoms with Crippen molar-refractivity contribution in [3.63, 3.8) is 0 Å². The second-order valence-electron chi connectivity index (χ2n) is 7.67. The summed E-state index contributed by atoms with van der Waals surface area (Å²) in [7, 11) is 0.111. The summed E-state index contributed by atoms with van der Waals surface area (Å²) in [5.74, 6) is 0.858. The van der Waals surface area contributed by atoms with Crippen molar-refractivity contribution in [1.82, 2.24) is 19.2 Å². The van der Waals surface area contributed by atoms with Crippen LogP contribution in [0.2, 0.25) is 0 Å². The molecule has 1 N–H and O–H groups in total. The molecule has 1 fully saturated rings. The lowest BCUT2D eigenvalue weighted by Gasteiger charge is -2.35. The Balaban J connectivity index is 1.74. The van der Waals surface area contributed by atoms with Crippen molar-refractivity contribution >= 4 is 15.8 Å². The second-order valence-corrected chi connectivity index (χ2v) is 9.57. The normalized spacial score (nSPS) is 21.0. The molecule has 0 aliphatic carbocycles. The van der Waals surface area contributed by atoms with Crippen molar-refractivity contribution in [1.29, 1.82) is 0 Å². The molecule has 0 amide bonds. The van der Waals surface area contributed by atoms with Gasteiger partial charge in [0, 0.05) is 32.2 Å². The Hall–Kier alpha value is -2.10. The zero-order valence-corrected chi connectivity index (χ0v) is 17.5. The first-order valence-electron chi connectivity index (χ1n) is 9.93. The lowest BCUT2D eigenvalue weighted by molar-refractivity contribution is 0.244. The molecule has 3 heterocycles. The van der Waals surface area contributed by atoms with E-state index in [1.807, 2.05) is 7.05 Å². The Morgan fingerprint density at radius 2 is 1.90 bits per heavy atom. The van der Waals surface area contributed by atoms with E-state index in [0.717, 1.165) is 49.4 Å². The van der Waals surface area contributed by atoms with Crippen LogP contribution in [0, 0.1) is 5.82 Å². The summed E-state index contributed by atoms with van der Waals surface area (Å²) >= 11 is 0. The summed E-state index contributed by atoms with van der Waals surface area (Å²) in [4.78, 5) is 11.8. The van der Waals surface area contributed by atoms with Crippen LogP contribution >= 0.6 is 0 Å². The van der Waals surface area contributed by atoms with Crippen LogP contribution in [-0.4, -0.2) is 54.8 Å². The number of likely N-dealkylation sites (N-methyl/N-ethyl adjacent to an activating group) is 1. The van der Waals surface area contributed by atoms with Crippen molar-refractivity contribution in [2.45, 2.75) is 43.2 Å². The third kappa shape index (κ3) is 3.86. The van der Waals surface area contributed by atoms with E-state index in [2.05, 4.69) is 17.3 Å².